The molecule has 1 aliphatic rings. The largest absolute Gasteiger partial charge is 0.418 e. The van der Waals surface area contributed by atoms with Crippen LogP contribution in [0.25, 0.3) is 0 Å². The summed E-state index contributed by atoms with van der Waals surface area (Å²) in [4.78, 5) is 15.9. The minimum absolute atomic E-state index is 0.0794. The first-order valence-corrected chi connectivity index (χ1v) is 6.63. The van der Waals surface area contributed by atoms with Gasteiger partial charge in [-0.05, 0) is 32.6 Å². The summed E-state index contributed by atoms with van der Waals surface area (Å²) >= 11 is 0. The first kappa shape index (κ1) is 15.6. The van der Waals surface area contributed by atoms with E-state index in [0.29, 0.717) is 13.1 Å². The molecule has 4 nitrogen and oxygen atoms in total. The van der Waals surface area contributed by atoms with Crippen LogP contribution in [0.1, 0.15) is 22.3 Å². The minimum Gasteiger partial charge on any atom is -0.398 e. The third-order valence-electron chi connectivity index (χ3n) is 3.82. The van der Waals surface area contributed by atoms with Crippen molar-refractivity contribution in [2.75, 3.05) is 32.9 Å². The summed E-state index contributed by atoms with van der Waals surface area (Å²) in [7, 11) is 3.83. The number of nitrogen functional groups attached to an aromatic ring is 1. The second kappa shape index (κ2) is 5.55. The molecule has 1 heterocycles. The van der Waals surface area contributed by atoms with Crippen LogP contribution in [0.5, 0.6) is 0 Å². The maximum Gasteiger partial charge on any atom is 0.418 e. The van der Waals surface area contributed by atoms with Gasteiger partial charge in [-0.15, -0.1) is 0 Å². The number of para-hydroxylation sites is 1. The number of likely N-dealkylation sites (tertiary alicyclic amines) is 1. The Hall–Kier alpha value is -1.76. The van der Waals surface area contributed by atoms with Gasteiger partial charge in [0.05, 0.1) is 16.8 Å². The lowest BCUT2D eigenvalue weighted by atomic mass is 10.1. The SMILES string of the molecule is CN(C)C1CCN(C(=O)c2cccc(C(F)(F)F)c2N)C1. The minimum atomic E-state index is -4.56. The van der Waals surface area contributed by atoms with E-state index in [0.717, 1.165) is 12.5 Å². The Labute approximate surface area is 121 Å². The molecule has 0 bridgehead atoms. The number of alkyl halides is 3. The fourth-order valence-electron chi connectivity index (χ4n) is 2.52. The maximum atomic E-state index is 12.8. The second-order valence-electron chi connectivity index (χ2n) is 5.42. The number of benzene rings is 1. The molecule has 0 spiro atoms. The molecule has 0 aromatic heterocycles. The van der Waals surface area contributed by atoms with Crippen molar-refractivity contribution in [3.05, 3.63) is 29.3 Å². The van der Waals surface area contributed by atoms with Crippen molar-refractivity contribution in [1.82, 2.24) is 9.80 Å². The van der Waals surface area contributed by atoms with Crippen molar-refractivity contribution in [2.24, 2.45) is 0 Å². The Balaban J connectivity index is 2.25. The van der Waals surface area contributed by atoms with Crippen LogP contribution >= 0.6 is 0 Å². The van der Waals surface area contributed by atoms with E-state index in [1.807, 2.05) is 19.0 Å². The summed E-state index contributed by atoms with van der Waals surface area (Å²) in [5, 5.41) is 0. The van der Waals surface area contributed by atoms with Crippen molar-refractivity contribution in [3.63, 3.8) is 0 Å². The van der Waals surface area contributed by atoms with Gasteiger partial charge in [-0.3, -0.25) is 4.79 Å². The first-order valence-electron chi connectivity index (χ1n) is 6.63. The smallest absolute Gasteiger partial charge is 0.398 e. The fraction of sp³-hybridized carbons (Fsp3) is 0.500. The number of halogens is 3. The standard InChI is InChI=1S/C14H18F3N3O/c1-19(2)9-6-7-20(8-9)13(21)10-4-3-5-11(12(10)18)14(15,16)17/h3-5,9H,6-8,18H2,1-2H3. The van der Waals surface area contributed by atoms with E-state index in [4.69, 9.17) is 5.73 Å². The zero-order valence-corrected chi connectivity index (χ0v) is 11.9. The summed E-state index contributed by atoms with van der Waals surface area (Å²) in [6, 6.07) is 3.67. The highest BCUT2D eigenvalue weighted by atomic mass is 19.4. The normalized spacial score (nSPS) is 19.3. The summed E-state index contributed by atoms with van der Waals surface area (Å²) in [5.74, 6) is -0.442. The van der Waals surface area contributed by atoms with E-state index in [2.05, 4.69) is 0 Å². The van der Waals surface area contributed by atoms with Gasteiger partial charge in [-0.25, -0.2) is 0 Å². The van der Waals surface area contributed by atoms with Crippen molar-refractivity contribution in [1.29, 1.82) is 0 Å². The Morgan fingerprint density at radius 2 is 2.05 bits per heavy atom. The van der Waals surface area contributed by atoms with Gasteiger partial charge in [-0.1, -0.05) is 6.07 Å². The monoisotopic (exact) mass is 301 g/mol. The average molecular weight is 301 g/mol. The van der Waals surface area contributed by atoms with E-state index in [-0.39, 0.29) is 11.6 Å². The quantitative estimate of drug-likeness (QED) is 0.851. The fourth-order valence-corrected chi connectivity index (χ4v) is 2.52. The number of anilines is 1. The summed E-state index contributed by atoms with van der Waals surface area (Å²) in [6.45, 7) is 1.03. The van der Waals surface area contributed by atoms with Crippen LogP contribution in [-0.2, 0) is 6.18 Å². The zero-order chi connectivity index (χ0) is 15.8. The second-order valence-corrected chi connectivity index (χ2v) is 5.42. The van der Waals surface area contributed by atoms with E-state index in [9.17, 15) is 18.0 Å². The number of nitrogens with zero attached hydrogens (tertiary/aromatic N) is 2. The van der Waals surface area contributed by atoms with Crippen LogP contribution < -0.4 is 5.73 Å². The highest BCUT2D eigenvalue weighted by Crippen LogP contribution is 2.35. The molecular formula is C14H18F3N3O. The number of nitrogens with two attached hydrogens (primary N) is 1. The molecule has 1 fully saturated rings. The molecule has 0 aliphatic carbocycles. The average Bonchev–Trinajstić information content (AvgIpc) is 2.86. The number of carbonyl (C=O) groups is 1. The number of hydrogen-bond acceptors (Lipinski definition) is 3. The van der Waals surface area contributed by atoms with E-state index in [1.54, 1.807) is 4.90 Å². The zero-order valence-electron chi connectivity index (χ0n) is 11.9. The molecule has 1 amide bonds. The van der Waals surface area contributed by atoms with Crippen LogP contribution in [0.3, 0.4) is 0 Å². The molecule has 0 radical (unpaired) electrons. The third-order valence-corrected chi connectivity index (χ3v) is 3.82. The van der Waals surface area contributed by atoms with Gasteiger partial charge in [0.2, 0.25) is 0 Å². The number of hydrogen-bond donors (Lipinski definition) is 1. The van der Waals surface area contributed by atoms with Gasteiger partial charge >= 0.3 is 6.18 Å². The van der Waals surface area contributed by atoms with Crippen molar-refractivity contribution < 1.29 is 18.0 Å². The van der Waals surface area contributed by atoms with E-state index >= 15 is 0 Å². The molecular weight excluding hydrogens is 283 g/mol. The lowest BCUT2D eigenvalue weighted by Gasteiger charge is -2.21. The Morgan fingerprint density at radius 1 is 1.38 bits per heavy atom. The first-order chi connectivity index (χ1) is 9.71. The highest BCUT2D eigenvalue weighted by molar-refractivity contribution is 6.00. The topological polar surface area (TPSA) is 49.6 Å². The van der Waals surface area contributed by atoms with Crippen LogP contribution in [0.2, 0.25) is 0 Å². The molecule has 2 rings (SSSR count). The van der Waals surface area contributed by atoms with Crippen LogP contribution in [0.15, 0.2) is 18.2 Å². The Morgan fingerprint density at radius 3 is 2.57 bits per heavy atom. The summed E-state index contributed by atoms with van der Waals surface area (Å²) < 4.78 is 38.5. The lowest BCUT2D eigenvalue weighted by molar-refractivity contribution is -0.136. The van der Waals surface area contributed by atoms with Crippen LogP contribution in [-0.4, -0.2) is 48.9 Å². The molecule has 116 valence electrons. The van der Waals surface area contributed by atoms with Gasteiger partial charge < -0.3 is 15.5 Å². The van der Waals surface area contributed by atoms with Crippen LogP contribution in [0, 0.1) is 0 Å². The number of carbonyl (C=O) groups excluding carboxylic acids is 1. The Kier molecular flexibility index (Phi) is 4.13. The number of amides is 1. The molecule has 0 saturated carbocycles. The van der Waals surface area contributed by atoms with Crippen molar-refractivity contribution >= 4 is 11.6 Å². The lowest BCUT2D eigenvalue weighted by Crippen LogP contribution is -2.35. The maximum absolute atomic E-state index is 12.8. The molecule has 1 aromatic carbocycles. The van der Waals surface area contributed by atoms with Gasteiger partial charge in [0.1, 0.15) is 0 Å². The molecule has 1 aliphatic heterocycles. The van der Waals surface area contributed by atoms with Gasteiger partial charge in [0.25, 0.3) is 5.91 Å². The predicted octanol–water partition coefficient (Wildman–Crippen LogP) is 2.06. The molecule has 2 N–H and O–H groups in total. The van der Waals surface area contributed by atoms with Gasteiger partial charge in [-0.2, -0.15) is 13.2 Å². The molecule has 1 unspecified atom stereocenters. The highest BCUT2D eigenvalue weighted by Gasteiger charge is 2.36. The van der Waals surface area contributed by atoms with Crippen molar-refractivity contribution in [2.45, 2.75) is 18.6 Å². The van der Waals surface area contributed by atoms with E-state index < -0.39 is 23.3 Å². The van der Waals surface area contributed by atoms with Gasteiger partial charge in [0, 0.05) is 19.1 Å². The number of likely N-dealkylation sites (N-methyl/N-ethyl adjacent to an activating group) is 1. The van der Waals surface area contributed by atoms with E-state index in [1.165, 1.54) is 12.1 Å². The molecule has 7 heteroatoms. The Bertz CT molecular complexity index is 543. The molecule has 1 atom stereocenters. The summed E-state index contributed by atoms with van der Waals surface area (Å²) in [5.41, 5.74) is 4.02. The van der Waals surface area contributed by atoms with Crippen LogP contribution in [0.4, 0.5) is 18.9 Å². The molecule has 21 heavy (non-hydrogen) atoms. The van der Waals surface area contributed by atoms with Crippen molar-refractivity contribution in [3.8, 4) is 0 Å². The summed E-state index contributed by atoms with van der Waals surface area (Å²) in [6.07, 6.45) is -3.75. The number of rotatable bonds is 2. The van der Waals surface area contributed by atoms with Gasteiger partial charge in [0.15, 0.2) is 0 Å². The molecule has 1 aromatic rings. The third kappa shape index (κ3) is 3.12. The predicted molar refractivity (Wildman–Crippen MR) is 73.9 cm³/mol. The molecule has 1 saturated heterocycles.